The fourth-order valence-electron chi connectivity index (χ4n) is 1.39. The summed E-state index contributed by atoms with van der Waals surface area (Å²) in [6.07, 6.45) is 0.594. The Labute approximate surface area is 126 Å². The number of nitrogens with one attached hydrogen (secondary N) is 1. The van der Waals surface area contributed by atoms with Crippen molar-refractivity contribution in [3.8, 4) is 0 Å². The molecule has 1 rings (SSSR count). The maximum Gasteiger partial charge on any atom is 0.331 e. The van der Waals surface area contributed by atoms with Crippen LogP contribution in [0.1, 0.15) is 13.8 Å². The van der Waals surface area contributed by atoms with Crippen LogP contribution < -0.4 is 5.32 Å². The minimum Gasteiger partial charge on any atom is -0.463 e. The summed E-state index contributed by atoms with van der Waals surface area (Å²) in [6, 6.07) is 5.60. The minimum absolute atomic E-state index is 0.0162. The monoisotopic (exact) mass is 309 g/mol. The van der Waals surface area contributed by atoms with Crippen molar-refractivity contribution in [3.05, 3.63) is 42.2 Å². The summed E-state index contributed by atoms with van der Waals surface area (Å²) in [5.41, 5.74) is -0.0162. The van der Waals surface area contributed by atoms with Crippen LogP contribution in [-0.4, -0.2) is 30.6 Å². The number of hydrogen-bond acceptors (Lipinski definition) is 5. The van der Waals surface area contributed by atoms with E-state index in [-0.39, 0.29) is 12.3 Å². The average Bonchev–Trinajstić information content (AvgIpc) is 2.47. The molecule has 0 radical (unpaired) electrons. The van der Waals surface area contributed by atoms with Crippen LogP contribution in [0.15, 0.2) is 36.4 Å². The van der Waals surface area contributed by atoms with Crippen LogP contribution >= 0.6 is 0 Å². The van der Waals surface area contributed by atoms with Gasteiger partial charge in [0.1, 0.15) is 5.82 Å². The molecule has 1 atom stereocenters. The predicted octanol–water partition coefficient (Wildman–Crippen LogP) is 1.82. The molecule has 0 fully saturated rings. The zero-order valence-corrected chi connectivity index (χ0v) is 12.2. The Kier molecular flexibility index (Phi) is 6.75. The summed E-state index contributed by atoms with van der Waals surface area (Å²) in [4.78, 5) is 34.2. The molecule has 1 aromatic rings. The first kappa shape index (κ1) is 17.4. The quantitative estimate of drug-likeness (QED) is 0.640. The lowest BCUT2D eigenvalue weighted by atomic mass is 10.3. The normalized spacial score (nSPS) is 11.8. The van der Waals surface area contributed by atoms with Gasteiger partial charge in [-0.15, -0.1) is 0 Å². The zero-order chi connectivity index (χ0) is 16.5. The van der Waals surface area contributed by atoms with Gasteiger partial charge in [0, 0.05) is 12.2 Å². The van der Waals surface area contributed by atoms with Gasteiger partial charge in [0.25, 0.3) is 5.91 Å². The molecule has 1 amide bonds. The molecule has 22 heavy (non-hydrogen) atoms. The number of rotatable bonds is 6. The Balaban J connectivity index is 2.52. The van der Waals surface area contributed by atoms with Gasteiger partial charge in [0.2, 0.25) is 0 Å². The third-order valence-corrected chi connectivity index (χ3v) is 2.44. The molecule has 0 aromatic heterocycles. The molecule has 7 heteroatoms. The van der Waals surface area contributed by atoms with Gasteiger partial charge in [-0.2, -0.15) is 0 Å². The van der Waals surface area contributed by atoms with E-state index in [0.717, 1.165) is 12.2 Å². The van der Waals surface area contributed by atoms with Crippen LogP contribution in [-0.2, 0) is 23.9 Å². The molecule has 0 aliphatic rings. The van der Waals surface area contributed by atoms with Gasteiger partial charge in [-0.25, -0.2) is 14.0 Å². The molecule has 0 saturated carbocycles. The van der Waals surface area contributed by atoms with Crippen molar-refractivity contribution in [3.63, 3.8) is 0 Å². The molecular weight excluding hydrogens is 293 g/mol. The molecule has 0 aliphatic carbocycles. The molecule has 1 N–H and O–H groups in total. The highest BCUT2D eigenvalue weighted by molar-refractivity contribution is 5.97. The van der Waals surface area contributed by atoms with Crippen molar-refractivity contribution >= 4 is 23.5 Å². The van der Waals surface area contributed by atoms with E-state index in [0.29, 0.717) is 0 Å². The van der Waals surface area contributed by atoms with E-state index in [9.17, 15) is 18.8 Å². The van der Waals surface area contributed by atoms with E-state index in [2.05, 4.69) is 10.1 Å². The Morgan fingerprint density at radius 3 is 2.50 bits per heavy atom. The van der Waals surface area contributed by atoms with E-state index >= 15 is 0 Å². The molecule has 0 saturated heterocycles. The van der Waals surface area contributed by atoms with Crippen LogP contribution in [0.2, 0.25) is 0 Å². The van der Waals surface area contributed by atoms with Crippen molar-refractivity contribution in [1.29, 1.82) is 0 Å². The zero-order valence-electron chi connectivity index (χ0n) is 12.2. The number of para-hydroxylation sites is 1. The Bertz CT molecular complexity index is 585. The third-order valence-electron chi connectivity index (χ3n) is 2.44. The lowest BCUT2D eigenvalue weighted by molar-refractivity contribution is -0.148. The number of benzene rings is 1. The van der Waals surface area contributed by atoms with Gasteiger partial charge < -0.3 is 14.8 Å². The molecular formula is C15H16FNO5. The number of halogens is 1. The largest absolute Gasteiger partial charge is 0.463 e. The van der Waals surface area contributed by atoms with Crippen molar-refractivity contribution in [2.45, 2.75) is 20.0 Å². The lowest BCUT2D eigenvalue weighted by Crippen LogP contribution is -2.29. The van der Waals surface area contributed by atoms with Crippen molar-refractivity contribution in [1.82, 2.24) is 0 Å². The predicted molar refractivity (Wildman–Crippen MR) is 76.4 cm³/mol. The molecule has 0 unspecified atom stereocenters. The maximum absolute atomic E-state index is 13.4. The maximum atomic E-state index is 13.4. The van der Waals surface area contributed by atoms with Gasteiger partial charge in [0.15, 0.2) is 6.10 Å². The fraction of sp³-hybridized carbons (Fsp3) is 0.267. The van der Waals surface area contributed by atoms with Crippen molar-refractivity contribution in [2.24, 2.45) is 0 Å². The van der Waals surface area contributed by atoms with Gasteiger partial charge in [-0.05, 0) is 26.0 Å². The number of anilines is 1. The second-order valence-electron chi connectivity index (χ2n) is 4.13. The minimum atomic E-state index is -1.15. The van der Waals surface area contributed by atoms with Crippen LogP contribution in [0, 0.1) is 5.82 Å². The summed E-state index contributed by atoms with van der Waals surface area (Å²) >= 11 is 0. The van der Waals surface area contributed by atoms with Crippen LogP contribution in [0.5, 0.6) is 0 Å². The first-order valence-electron chi connectivity index (χ1n) is 6.55. The first-order chi connectivity index (χ1) is 10.4. The highest BCUT2D eigenvalue weighted by atomic mass is 19.1. The molecule has 0 spiro atoms. The molecule has 0 aliphatic heterocycles. The average molecular weight is 309 g/mol. The summed E-state index contributed by atoms with van der Waals surface area (Å²) in [6.45, 7) is 3.13. The third kappa shape index (κ3) is 5.74. The SMILES string of the molecule is CCOC(=O)/C=C/C(=O)O[C@H](C)C(=O)Nc1ccccc1F. The summed E-state index contributed by atoms with van der Waals surface area (Å²) in [5, 5.41) is 2.29. The lowest BCUT2D eigenvalue weighted by Gasteiger charge is -2.12. The molecule has 1 aromatic carbocycles. The van der Waals surface area contributed by atoms with E-state index in [1.165, 1.54) is 25.1 Å². The fourth-order valence-corrected chi connectivity index (χ4v) is 1.39. The summed E-state index contributed by atoms with van der Waals surface area (Å²) in [5.74, 6) is -2.87. The molecule has 0 bridgehead atoms. The number of carbonyl (C=O) groups excluding carboxylic acids is 3. The van der Waals surface area contributed by atoms with Gasteiger partial charge in [-0.1, -0.05) is 12.1 Å². The second kappa shape index (κ2) is 8.56. The van der Waals surface area contributed by atoms with Crippen LogP contribution in [0.4, 0.5) is 10.1 Å². The van der Waals surface area contributed by atoms with Gasteiger partial charge >= 0.3 is 11.9 Å². The summed E-state index contributed by atoms with van der Waals surface area (Å²) in [7, 11) is 0. The standard InChI is InChI=1S/C15H16FNO5/c1-3-21-13(18)8-9-14(19)22-10(2)15(20)17-12-7-5-4-6-11(12)16/h4-10H,3H2,1-2H3,(H,17,20)/b9-8+/t10-/m1/s1. The highest BCUT2D eigenvalue weighted by Crippen LogP contribution is 2.13. The van der Waals surface area contributed by atoms with Gasteiger partial charge in [0.05, 0.1) is 12.3 Å². The van der Waals surface area contributed by atoms with Crippen LogP contribution in [0.25, 0.3) is 0 Å². The second-order valence-corrected chi connectivity index (χ2v) is 4.13. The Morgan fingerprint density at radius 1 is 1.23 bits per heavy atom. The van der Waals surface area contributed by atoms with Crippen molar-refractivity contribution < 1.29 is 28.2 Å². The summed E-state index contributed by atoms with van der Waals surface area (Å²) < 4.78 is 22.7. The number of esters is 2. The van der Waals surface area contributed by atoms with E-state index in [1.54, 1.807) is 13.0 Å². The molecule has 6 nitrogen and oxygen atoms in total. The number of amides is 1. The van der Waals surface area contributed by atoms with E-state index in [4.69, 9.17) is 4.74 Å². The van der Waals surface area contributed by atoms with E-state index in [1.807, 2.05) is 0 Å². The topological polar surface area (TPSA) is 81.7 Å². The van der Waals surface area contributed by atoms with Gasteiger partial charge in [-0.3, -0.25) is 4.79 Å². The van der Waals surface area contributed by atoms with Crippen LogP contribution in [0.3, 0.4) is 0 Å². The number of carbonyl (C=O) groups is 3. The smallest absolute Gasteiger partial charge is 0.331 e. The van der Waals surface area contributed by atoms with E-state index < -0.39 is 29.8 Å². The Hall–Kier alpha value is -2.70. The highest BCUT2D eigenvalue weighted by Gasteiger charge is 2.18. The van der Waals surface area contributed by atoms with Crippen molar-refractivity contribution in [2.75, 3.05) is 11.9 Å². The molecule has 0 heterocycles. The Morgan fingerprint density at radius 2 is 1.86 bits per heavy atom. The molecule has 118 valence electrons. The number of ether oxygens (including phenoxy) is 2. The first-order valence-corrected chi connectivity index (χ1v) is 6.55. The number of hydrogen-bond donors (Lipinski definition) is 1.